The fourth-order valence-electron chi connectivity index (χ4n) is 3.40. The lowest BCUT2D eigenvalue weighted by molar-refractivity contribution is 0.178. The molecule has 2 aromatic heterocycles. The first kappa shape index (κ1) is 20.3. The summed E-state index contributed by atoms with van der Waals surface area (Å²) >= 11 is 1.60. The zero-order valence-electron chi connectivity index (χ0n) is 17.0. The molecule has 1 fully saturated rings. The first-order chi connectivity index (χ1) is 13.6. The van der Waals surface area contributed by atoms with Crippen molar-refractivity contribution >= 4 is 26.1 Å². The molecule has 9 heteroatoms. The van der Waals surface area contributed by atoms with Gasteiger partial charge in [-0.05, 0) is 38.0 Å². The number of hydrogen-bond acceptors (Lipinski definition) is 7. The average molecular weight is 436 g/mol. The van der Waals surface area contributed by atoms with Crippen molar-refractivity contribution in [3.8, 4) is 17.0 Å². The molecule has 2 heterocycles. The molecule has 1 aliphatic carbocycles. The van der Waals surface area contributed by atoms with E-state index >= 15 is 0 Å². The zero-order chi connectivity index (χ0) is 21.0. The van der Waals surface area contributed by atoms with Gasteiger partial charge >= 0.3 is 0 Å². The molecule has 29 heavy (non-hydrogen) atoms. The second kappa shape index (κ2) is 7.07. The predicted octanol–water partition coefficient (Wildman–Crippen LogP) is 3.44. The second-order valence-corrected chi connectivity index (χ2v) is 11.3. The molecule has 0 amide bonds. The van der Waals surface area contributed by atoms with Gasteiger partial charge in [-0.1, -0.05) is 25.2 Å². The average Bonchev–Trinajstić information content (AvgIpc) is 3.36. The fourth-order valence-corrected chi connectivity index (χ4v) is 6.55. The Hall–Kier alpha value is -1.97. The maximum atomic E-state index is 13.1. The van der Waals surface area contributed by atoms with Crippen molar-refractivity contribution in [1.29, 1.82) is 0 Å². The van der Waals surface area contributed by atoms with Crippen molar-refractivity contribution in [2.24, 2.45) is 5.41 Å². The van der Waals surface area contributed by atoms with E-state index in [0.717, 1.165) is 39.8 Å². The fraction of sp³-hybridized carbons (Fsp3) is 0.500. The van der Waals surface area contributed by atoms with Crippen LogP contribution in [0.3, 0.4) is 0 Å². The molecule has 156 valence electrons. The topological polar surface area (TPSA) is 93.8 Å². The van der Waals surface area contributed by atoms with E-state index in [-0.39, 0.29) is 23.0 Å². The summed E-state index contributed by atoms with van der Waals surface area (Å²) in [5.74, 6) is 0.639. The zero-order valence-corrected chi connectivity index (χ0v) is 18.6. The van der Waals surface area contributed by atoms with Gasteiger partial charge in [-0.2, -0.15) is 5.10 Å². The molecule has 0 aliphatic heterocycles. The molecule has 3 aromatic rings. The van der Waals surface area contributed by atoms with Gasteiger partial charge < -0.3 is 9.84 Å². The van der Waals surface area contributed by atoms with Gasteiger partial charge in [0.25, 0.3) is 0 Å². The van der Waals surface area contributed by atoms with Gasteiger partial charge in [0.05, 0.1) is 24.3 Å². The van der Waals surface area contributed by atoms with Crippen LogP contribution in [0.15, 0.2) is 23.1 Å². The number of fused-ring (bicyclic) bond motifs is 1. The highest BCUT2D eigenvalue weighted by atomic mass is 32.2. The monoisotopic (exact) mass is 435 g/mol. The molecule has 1 aliphatic rings. The minimum Gasteiger partial charge on any atom is -0.495 e. The molecular weight excluding hydrogens is 410 g/mol. The van der Waals surface area contributed by atoms with E-state index in [9.17, 15) is 13.5 Å². The number of hydrogen-bond donors (Lipinski definition) is 1. The Morgan fingerprint density at radius 1 is 1.34 bits per heavy atom. The Labute approximate surface area is 174 Å². The molecule has 1 saturated carbocycles. The molecular formula is C20H25N3O4S2. The number of sulfone groups is 1. The molecule has 1 aromatic carbocycles. The van der Waals surface area contributed by atoms with Crippen LogP contribution in [0.5, 0.6) is 5.75 Å². The van der Waals surface area contributed by atoms with Crippen LogP contribution in [0.25, 0.3) is 16.2 Å². The lowest BCUT2D eigenvalue weighted by atomic mass is 9.98. The van der Waals surface area contributed by atoms with Crippen LogP contribution in [-0.2, 0) is 9.84 Å². The van der Waals surface area contributed by atoms with Gasteiger partial charge in [0, 0.05) is 23.5 Å². The van der Waals surface area contributed by atoms with Crippen LogP contribution < -0.4 is 4.74 Å². The molecule has 0 radical (unpaired) electrons. The van der Waals surface area contributed by atoms with E-state index in [1.165, 1.54) is 7.11 Å². The molecule has 0 unspecified atom stereocenters. The minimum absolute atomic E-state index is 0.117. The summed E-state index contributed by atoms with van der Waals surface area (Å²) in [6.45, 7) is 5.13. The smallest absolute Gasteiger partial charge is 0.212 e. The number of aliphatic hydroxyl groups is 1. The van der Waals surface area contributed by atoms with E-state index in [4.69, 9.17) is 9.84 Å². The SMILES string of the molecule is COc1ccc(-c2c(C)nc3sc(C4CC4)nn23)cc1S(=O)(=O)CC(C)(C)CO. The van der Waals surface area contributed by atoms with Crippen LogP contribution in [0.2, 0.25) is 0 Å². The second-order valence-electron chi connectivity index (χ2n) is 8.40. The van der Waals surface area contributed by atoms with E-state index < -0.39 is 15.3 Å². The predicted molar refractivity (Wildman–Crippen MR) is 112 cm³/mol. The molecule has 0 atom stereocenters. The van der Waals surface area contributed by atoms with Gasteiger partial charge in [0.15, 0.2) is 9.84 Å². The molecule has 0 spiro atoms. The Morgan fingerprint density at radius 2 is 2.07 bits per heavy atom. The van der Waals surface area contributed by atoms with Crippen LogP contribution in [-0.4, -0.2) is 47.6 Å². The number of ether oxygens (including phenoxy) is 1. The first-order valence-electron chi connectivity index (χ1n) is 9.53. The van der Waals surface area contributed by atoms with Crippen molar-refractivity contribution in [2.45, 2.75) is 44.4 Å². The van der Waals surface area contributed by atoms with Crippen molar-refractivity contribution in [1.82, 2.24) is 14.6 Å². The quantitative estimate of drug-likeness (QED) is 0.611. The molecule has 7 nitrogen and oxygen atoms in total. The van der Waals surface area contributed by atoms with Crippen molar-refractivity contribution in [3.05, 3.63) is 28.9 Å². The van der Waals surface area contributed by atoms with Crippen molar-refractivity contribution in [3.63, 3.8) is 0 Å². The van der Waals surface area contributed by atoms with Gasteiger partial charge in [-0.15, -0.1) is 0 Å². The summed E-state index contributed by atoms with van der Waals surface area (Å²) in [5.41, 5.74) is 1.57. The Balaban J connectivity index is 1.83. The molecule has 4 rings (SSSR count). The lowest BCUT2D eigenvalue weighted by Gasteiger charge is -2.22. The number of aryl methyl sites for hydroxylation is 1. The van der Waals surface area contributed by atoms with Gasteiger partial charge in [-0.3, -0.25) is 0 Å². The highest BCUT2D eigenvalue weighted by Crippen LogP contribution is 2.43. The number of rotatable bonds is 7. The maximum absolute atomic E-state index is 13.1. The number of methoxy groups -OCH3 is 1. The Bertz CT molecular complexity index is 1170. The number of benzene rings is 1. The third-order valence-corrected chi connectivity index (χ3v) is 8.32. The van der Waals surface area contributed by atoms with Gasteiger partial charge in [0.2, 0.25) is 4.96 Å². The van der Waals surface area contributed by atoms with Crippen LogP contribution >= 0.6 is 11.3 Å². The standard InChI is InChI=1S/C20H25N3O4S2/c1-12-17(23-19(21-12)28-18(22-23)13-5-6-13)14-7-8-15(27-4)16(9-14)29(25,26)11-20(2,3)10-24/h7-9,13,24H,5-6,10-11H2,1-4H3. The van der Waals surface area contributed by atoms with Crippen molar-refractivity contribution < 1.29 is 18.3 Å². The summed E-state index contributed by atoms with van der Waals surface area (Å²) < 4.78 is 33.4. The minimum atomic E-state index is -3.68. The highest BCUT2D eigenvalue weighted by Gasteiger charge is 2.31. The van der Waals surface area contributed by atoms with E-state index in [0.29, 0.717) is 5.92 Å². The Morgan fingerprint density at radius 3 is 2.69 bits per heavy atom. The summed E-state index contributed by atoms with van der Waals surface area (Å²) in [5, 5.41) is 15.3. The summed E-state index contributed by atoms with van der Waals surface area (Å²) in [7, 11) is -2.23. The van der Waals surface area contributed by atoms with Crippen LogP contribution in [0.4, 0.5) is 0 Å². The number of aliphatic hydroxyl groups excluding tert-OH is 1. The molecule has 1 N–H and O–H groups in total. The third kappa shape index (κ3) is 3.78. The van der Waals surface area contributed by atoms with Crippen LogP contribution in [0, 0.1) is 12.3 Å². The lowest BCUT2D eigenvalue weighted by Crippen LogP contribution is -2.27. The summed E-state index contributed by atoms with van der Waals surface area (Å²) in [6, 6.07) is 5.14. The largest absolute Gasteiger partial charge is 0.495 e. The van der Waals surface area contributed by atoms with E-state index in [1.54, 1.807) is 37.3 Å². The van der Waals surface area contributed by atoms with E-state index in [2.05, 4.69) is 4.98 Å². The van der Waals surface area contributed by atoms with Gasteiger partial charge in [0.1, 0.15) is 15.7 Å². The first-order valence-corrected chi connectivity index (χ1v) is 12.0. The van der Waals surface area contributed by atoms with Crippen LogP contribution in [0.1, 0.15) is 43.3 Å². The van der Waals surface area contributed by atoms with Crippen molar-refractivity contribution in [2.75, 3.05) is 19.5 Å². The maximum Gasteiger partial charge on any atom is 0.212 e. The van der Waals surface area contributed by atoms with E-state index in [1.807, 2.05) is 17.5 Å². The normalized spacial score (nSPS) is 15.2. The number of nitrogens with zero attached hydrogens (tertiary/aromatic N) is 3. The molecule has 0 bridgehead atoms. The number of aromatic nitrogens is 3. The van der Waals surface area contributed by atoms with Gasteiger partial charge in [-0.25, -0.2) is 17.9 Å². The molecule has 0 saturated heterocycles. The summed E-state index contributed by atoms with van der Waals surface area (Å²) in [6.07, 6.45) is 2.33. The Kier molecular flexibility index (Phi) is 4.95. The highest BCUT2D eigenvalue weighted by molar-refractivity contribution is 7.91. The number of imidazole rings is 1. The third-order valence-electron chi connectivity index (χ3n) is 5.10. The summed E-state index contributed by atoms with van der Waals surface area (Å²) in [4.78, 5) is 5.57.